The van der Waals surface area contributed by atoms with Crippen molar-refractivity contribution in [1.82, 2.24) is 10.3 Å². The van der Waals surface area contributed by atoms with Crippen molar-refractivity contribution in [2.75, 3.05) is 25.5 Å². The number of amides is 1. The van der Waals surface area contributed by atoms with E-state index in [1.807, 2.05) is 24.3 Å². The molecule has 5 nitrogen and oxygen atoms in total. The standard InChI is InChI=1S/C15H17N3O2/c1-15(8-20-9-15)7-17-14(19)13-6-11(16)10-4-2-3-5-12(10)18-13/h2-6H,7-9H2,1H3,(H2,16,18)(H,17,19). The molecule has 3 N–H and O–H groups in total. The minimum atomic E-state index is -0.199. The summed E-state index contributed by atoms with van der Waals surface area (Å²) < 4.78 is 5.17. The molecule has 20 heavy (non-hydrogen) atoms. The zero-order chi connectivity index (χ0) is 14.2. The first kappa shape index (κ1) is 12.9. The maximum absolute atomic E-state index is 12.2. The van der Waals surface area contributed by atoms with E-state index < -0.39 is 0 Å². The number of hydrogen-bond donors (Lipinski definition) is 2. The Balaban J connectivity index is 1.80. The first-order chi connectivity index (χ1) is 9.57. The topological polar surface area (TPSA) is 77.2 Å². The predicted molar refractivity (Wildman–Crippen MR) is 77.4 cm³/mol. The van der Waals surface area contributed by atoms with E-state index in [4.69, 9.17) is 10.5 Å². The zero-order valence-electron chi connectivity index (χ0n) is 11.3. The molecule has 2 heterocycles. The van der Waals surface area contributed by atoms with E-state index in [0.717, 1.165) is 10.9 Å². The van der Waals surface area contributed by atoms with Gasteiger partial charge in [0.1, 0.15) is 5.69 Å². The molecule has 0 aliphatic carbocycles. The summed E-state index contributed by atoms with van der Waals surface area (Å²) in [5.41, 5.74) is 7.67. The fourth-order valence-corrected chi connectivity index (χ4v) is 2.26. The first-order valence-electron chi connectivity index (χ1n) is 6.59. The van der Waals surface area contributed by atoms with Gasteiger partial charge in [0, 0.05) is 23.0 Å². The highest BCUT2D eigenvalue weighted by Gasteiger charge is 2.33. The molecule has 2 aromatic rings. The number of pyridine rings is 1. The number of nitrogens with two attached hydrogens (primary N) is 1. The second-order valence-corrected chi connectivity index (χ2v) is 5.60. The summed E-state index contributed by atoms with van der Waals surface area (Å²) in [5.74, 6) is -0.199. The summed E-state index contributed by atoms with van der Waals surface area (Å²) in [6, 6.07) is 9.15. The van der Waals surface area contributed by atoms with Gasteiger partial charge in [-0.2, -0.15) is 0 Å². The van der Waals surface area contributed by atoms with Gasteiger partial charge in [-0.25, -0.2) is 4.98 Å². The SMILES string of the molecule is CC1(CNC(=O)c2cc(N)c3ccccc3n2)COC1. The molecule has 1 aromatic carbocycles. The number of fused-ring (bicyclic) bond motifs is 1. The fraction of sp³-hybridized carbons (Fsp3) is 0.333. The number of nitrogen functional groups attached to an aromatic ring is 1. The molecule has 1 aliphatic rings. The Morgan fingerprint density at radius 3 is 2.90 bits per heavy atom. The molecule has 3 rings (SSSR count). The number of aromatic nitrogens is 1. The predicted octanol–water partition coefficient (Wildman–Crippen LogP) is 1.58. The normalized spacial score (nSPS) is 16.6. The third-order valence-corrected chi connectivity index (χ3v) is 3.56. The van der Waals surface area contributed by atoms with Gasteiger partial charge in [0.2, 0.25) is 0 Å². The lowest BCUT2D eigenvalue weighted by atomic mass is 9.89. The molecule has 0 radical (unpaired) electrons. The lowest BCUT2D eigenvalue weighted by Crippen LogP contribution is -2.48. The van der Waals surface area contributed by atoms with E-state index in [1.54, 1.807) is 6.07 Å². The molecule has 0 atom stereocenters. The average molecular weight is 271 g/mol. The van der Waals surface area contributed by atoms with Gasteiger partial charge in [0.05, 0.1) is 18.7 Å². The number of carbonyl (C=O) groups excluding carboxylic acids is 1. The van der Waals surface area contributed by atoms with Crippen LogP contribution in [-0.2, 0) is 4.74 Å². The number of anilines is 1. The van der Waals surface area contributed by atoms with Gasteiger partial charge in [-0.3, -0.25) is 4.79 Å². The highest BCUT2D eigenvalue weighted by atomic mass is 16.5. The summed E-state index contributed by atoms with van der Waals surface area (Å²) in [5, 5.41) is 3.76. The largest absolute Gasteiger partial charge is 0.398 e. The third kappa shape index (κ3) is 2.32. The van der Waals surface area contributed by atoms with Crippen molar-refractivity contribution in [2.24, 2.45) is 5.41 Å². The van der Waals surface area contributed by atoms with Crippen LogP contribution in [-0.4, -0.2) is 30.6 Å². The number of para-hydroxylation sites is 1. The van der Waals surface area contributed by atoms with Crippen LogP contribution >= 0.6 is 0 Å². The van der Waals surface area contributed by atoms with Gasteiger partial charge in [-0.1, -0.05) is 25.1 Å². The van der Waals surface area contributed by atoms with Crippen LogP contribution in [0.3, 0.4) is 0 Å². The van der Waals surface area contributed by atoms with Gasteiger partial charge >= 0.3 is 0 Å². The number of nitrogens with one attached hydrogen (secondary N) is 1. The molecule has 1 saturated heterocycles. The molecule has 1 aromatic heterocycles. The minimum Gasteiger partial charge on any atom is -0.398 e. The van der Waals surface area contributed by atoms with Gasteiger partial charge in [0.25, 0.3) is 5.91 Å². The maximum Gasteiger partial charge on any atom is 0.270 e. The molecule has 1 aliphatic heterocycles. The molecule has 1 amide bonds. The molecule has 1 fully saturated rings. The van der Waals surface area contributed by atoms with Crippen LogP contribution in [0.2, 0.25) is 0 Å². The molecule has 0 spiro atoms. The molecule has 0 unspecified atom stereocenters. The smallest absolute Gasteiger partial charge is 0.270 e. The number of hydrogen-bond acceptors (Lipinski definition) is 4. The molecular weight excluding hydrogens is 254 g/mol. The van der Waals surface area contributed by atoms with Gasteiger partial charge in [0.15, 0.2) is 0 Å². The van der Waals surface area contributed by atoms with Crippen LogP contribution in [0.15, 0.2) is 30.3 Å². The first-order valence-corrected chi connectivity index (χ1v) is 6.59. The van der Waals surface area contributed by atoms with E-state index in [2.05, 4.69) is 17.2 Å². The Bertz CT molecular complexity index is 665. The highest BCUT2D eigenvalue weighted by molar-refractivity contribution is 5.99. The quantitative estimate of drug-likeness (QED) is 0.888. The van der Waals surface area contributed by atoms with E-state index in [9.17, 15) is 4.79 Å². The van der Waals surface area contributed by atoms with Crippen molar-refractivity contribution < 1.29 is 9.53 Å². The Labute approximate surface area is 117 Å². The van der Waals surface area contributed by atoms with E-state index in [0.29, 0.717) is 31.1 Å². The second kappa shape index (κ2) is 4.76. The fourth-order valence-electron chi connectivity index (χ4n) is 2.26. The lowest BCUT2D eigenvalue weighted by Gasteiger charge is -2.37. The van der Waals surface area contributed by atoms with Crippen molar-refractivity contribution in [3.63, 3.8) is 0 Å². The summed E-state index contributed by atoms with van der Waals surface area (Å²) in [6.07, 6.45) is 0. The number of ether oxygens (including phenoxy) is 1. The zero-order valence-corrected chi connectivity index (χ0v) is 11.3. The van der Waals surface area contributed by atoms with Crippen molar-refractivity contribution in [3.05, 3.63) is 36.0 Å². The summed E-state index contributed by atoms with van der Waals surface area (Å²) in [6.45, 7) is 4.03. The van der Waals surface area contributed by atoms with Crippen molar-refractivity contribution in [1.29, 1.82) is 0 Å². The molecular formula is C15H17N3O2. The summed E-state index contributed by atoms with van der Waals surface area (Å²) in [4.78, 5) is 16.5. The Morgan fingerprint density at radius 2 is 2.20 bits per heavy atom. The van der Waals surface area contributed by atoms with Crippen molar-refractivity contribution >= 4 is 22.5 Å². The summed E-state index contributed by atoms with van der Waals surface area (Å²) in [7, 11) is 0. The molecule has 5 heteroatoms. The Hall–Kier alpha value is -2.14. The van der Waals surface area contributed by atoms with Crippen LogP contribution in [0.1, 0.15) is 17.4 Å². The van der Waals surface area contributed by atoms with Crippen LogP contribution in [0.25, 0.3) is 10.9 Å². The van der Waals surface area contributed by atoms with Crippen LogP contribution < -0.4 is 11.1 Å². The lowest BCUT2D eigenvalue weighted by molar-refractivity contribution is -0.0978. The van der Waals surface area contributed by atoms with E-state index >= 15 is 0 Å². The van der Waals surface area contributed by atoms with Gasteiger partial charge < -0.3 is 15.8 Å². The second-order valence-electron chi connectivity index (χ2n) is 5.60. The molecule has 0 saturated carbocycles. The van der Waals surface area contributed by atoms with Crippen LogP contribution in [0, 0.1) is 5.41 Å². The molecule has 0 bridgehead atoms. The maximum atomic E-state index is 12.2. The third-order valence-electron chi connectivity index (χ3n) is 3.56. The number of benzene rings is 1. The number of nitrogens with zero attached hydrogens (tertiary/aromatic N) is 1. The number of carbonyl (C=O) groups is 1. The Morgan fingerprint density at radius 1 is 1.45 bits per heavy atom. The van der Waals surface area contributed by atoms with Gasteiger partial charge in [-0.05, 0) is 12.1 Å². The highest BCUT2D eigenvalue weighted by Crippen LogP contribution is 2.25. The number of rotatable bonds is 3. The van der Waals surface area contributed by atoms with Crippen LogP contribution in [0.4, 0.5) is 5.69 Å². The van der Waals surface area contributed by atoms with Gasteiger partial charge in [-0.15, -0.1) is 0 Å². The van der Waals surface area contributed by atoms with Crippen LogP contribution in [0.5, 0.6) is 0 Å². The minimum absolute atomic E-state index is 0.0397. The van der Waals surface area contributed by atoms with Crippen molar-refractivity contribution in [2.45, 2.75) is 6.92 Å². The molecule has 104 valence electrons. The Kier molecular flexibility index (Phi) is 3.06. The van der Waals surface area contributed by atoms with E-state index in [1.165, 1.54) is 0 Å². The average Bonchev–Trinajstić information content (AvgIpc) is 2.42. The van der Waals surface area contributed by atoms with E-state index in [-0.39, 0.29) is 11.3 Å². The van der Waals surface area contributed by atoms with Crippen molar-refractivity contribution in [3.8, 4) is 0 Å². The summed E-state index contributed by atoms with van der Waals surface area (Å²) >= 11 is 0. The monoisotopic (exact) mass is 271 g/mol.